The molecule has 0 spiro atoms. The minimum atomic E-state index is -0.388. The van der Waals surface area contributed by atoms with Gasteiger partial charge in [-0.3, -0.25) is 4.79 Å². The van der Waals surface area contributed by atoms with Crippen molar-refractivity contribution in [2.24, 2.45) is 0 Å². The predicted molar refractivity (Wildman–Crippen MR) is 83.2 cm³/mol. The third-order valence-electron chi connectivity index (χ3n) is 2.80. The number of hydrogen-bond donors (Lipinski definition) is 3. The normalized spacial score (nSPS) is 10.0. The second-order valence-electron chi connectivity index (χ2n) is 4.55. The van der Waals surface area contributed by atoms with Crippen molar-refractivity contribution in [3.63, 3.8) is 0 Å². The summed E-state index contributed by atoms with van der Waals surface area (Å²) in [5.41, 5.74) is 7.43. The Morgan fingerprint density at radius 2 is 2.00 bits per heavy atom. The SMILES string of the molecule is CCCNC(=O)CCNc1cc(C(=O)OCC)ccc1N. The van der Waals surface area contributed by atoms with Crippen molar-refractivity contribution in [2.45, 2.75) is 26.7 Å². The summed E-state index contributed by atoms with van der Waals surface area (Å²) in [6.45, 7) is 5.21. The highest BCUT2D eigenvalue weighted by Crippen LogP contribution is 2.20. The van der Waals surface area contributed by atoms with Gasteiger partial charge in [0.2, 0.25) is 5.91 Å². The summed E-state index contributed by atoms with van der Waals surface area (Å²) in [6.07, 6.45) is 1.26. The van der Waals surface area contributed by atoms with Crippen LogP contribution in [0.15, 0.2) is 18.2 Å². The van der Waals surface area contributed by atoms with Crippen LogP contribution in [-0.2, 0) is 9.53 Å². The second-order valence-corrected chi connectivity index (χ2v) is 4.55. The highest BCUT2D eigenvalue weighted by atomic mass is 16.5. The van der Waals surface area contributed by atoms with E-state index in [0.29, 0.717) is 43.1 Å². The molecule has 0 bridgehead atoms. The van der Waals surface area contributed by atoms with Crippen molar-refractivity contribution >= 4 is 23.3 Å². The number of nitrogen functional groups attached to an aromatic ring is 1. The Morgan fingerprint density at radius 1 is 1.24 bits per heavy atom. The number of rotatable bonds is 8. The van der Waals surface area contributed by atoms with Gasteiger partial charge in [0.05, 0.1) is 23.5 Å². The summed E-state index contributed by atoms with van der Waals surface area (Å²) in [5, 5.41) is 5.86. The molecule has 1 amide bonds. The number of esters is 1. The highest BCUT2D eigenvalue weighted by Gasteiger charge is 2.09. The van der Waals surface area contributed by atoms with Crippen molar-refractivity contribution in [3.05, 3.63) is 23.8 Å². The number of ether oxygens (including phenoxy) is 1. The van der Waals surface area contributed by atoms with Crippen LogP contribution in [0.5, 0.6) is 0 Å². The van der Waals surface area contributed by atoms with Gasteiger partial charge in [-0.1, -0.05) is 6.92 Å². The lowest BCUT2D eigenvalue weighted by Gasteiger charge is -2.11. The minimum absolute atomic E-state index is 0.00975. The van der Waals surface area contributed by atoms with E-state index >= 15 is 0 Å². The second kappa shape index (κ2) is 8.84. The van der Waals surface area contributed by atoms with Crippen LogP contribution >= 0.6 is 0 Å². The first-order valence-electron chi connectivity index (χ1n) is 7.15. The van der Waals surface area contributed by atoms with Crippen LogP contribution in [0.25, 0.3) is 0 Å². The van der Waals surface area contributed by atoms with Gasteiger partial charge in [-0.05, 0) is 31.5 Å². The molecule has 1 rings (SSSR count). The zero-order valence-corrected chi connectivity index (χ0v) is 12.6. The number of anilines is 2. The topological polar surface area (TPSA) is 93.5 Å². The molecule has 0 aromatic heterocycles. The smallest absolute Gasteiger partial charge is 0.338 e. The molecule has 0 radical (unpaired) electrons. The fourth-order valence-corrected chi connectivity index (χ4v) is 1.71. The van der Waals surface area contributed by atoms with Crippen LogP contribution < -0.4 is 16.4 Å². The van der Waals surface area contributed by atoms with Gasteiger partial charge >= 0.3 is 5.97 Å². The molecule has 0 atom stereocenters. The quantitative estimate of drug-likeness (QED) is 0.502. The van der Waals surface area contributed by atoms with Gasteiger partial charge < -0.3 is 21.1 Å². The van der Waals surface area contributed by atoms with Crippen LogP contribution in [0, 0.1) is 0 Å². The van der Waals surface area contributed by atoms with E-state index in [-0.39, 0.29) is 11.9 Å². The van der Waals surface area contributed by atoms with Crippen molar-refractivity contribution in [2.75, 3.05) is 30.7 Å². The van der Waals surface area contributed by atoms with Crippen LogP contribution in [0.4, 0.5) is 11.4 Å². The molecule has 0 saturated heterocycles. The molecule has 0 aliphatic heterocycles. The van der Waals surface area contributed by atoms with Crippen molar-refractivity contribution in [3.8, 4) is 0 Å². The monoisotopic (exact) mass is 293 g/mol. The average molecular weight is 293 g/mol. The Hall–Kier alpha value is -2.24. The third kappa shape index (κ3) is 5.72. The zero-order chi connectivity index (χ0) is 15.7. The summed E-state index contributed by atoms with van der Waals surface area (Å²) >= 11 is 0. The maximum absolute atomic E-state index is 11.7. The molecule has 0 fully saturated rings. The molecule has 1 aromatic rings. The zero-order valence-electron chi connectivity index (χ0n) is 12.6. The summed E-state index contributed by atoms with van der Waals surface area (Å²) in [5.74, 6) is -0.397. The summed E-state index contributed by atoms with van der Waals surface area (Å²) in [4.78, 5) is 23.1. The van der Waals surface area contributed by atoms with Crippen molar-refractivity contribution in [1.29, 1.82) is 0 Å². The molecular weight excluding hydrogens is 270 g/mol. The summed E-state index contributed by atoms with van der Waals surface area (Å²) in [7, 11) is 0. The van der Waals surface area contributed by atoms with Crippen LogP contribution in [0.2, 0.25) is 0 Å². The number of nitrogens with two attached hydrogens (primary N) is 1. The van der Waals surface area contributed by atoms with Gasteiger partial charge in [-0.25, -0.2) is 4.79 Å². The number of benzene rings is 1. The molecule has 116 valence electrons. The van der Waals surface area contributed by atoms with E-state index < -0.39 is 0 Å². The van der Waals surface area contributed by atoms with E-state index in [2.05, 4.69) is 10.6 Å². The fourth-order valence-electron chi connectivity index (χ4n) is 1.71. The number of carbonyl (C=O) groups excluding carboxylic acids is 2. The lowest BCUT2D eigenvalue weighted by atomic mass is 10.1. The van der Waals surface area contributed by atoms with Crippen LogP contribution in [0.1, 0.15) is 37.0 Å². The minimum Gasteiger partial charge on any atom is -0.462 e. The molecule has 0 aliphatic carbocycles. The summed E-state index contributed by atoms with van der Waals surface area (Å²) < 4.78 is 4.94. The van der Waals surface area contributed by atoms with E-state index in [1.54, 1.807) is 25.1 Å². The third-order valence-corrected chi connectivity index (χ3v) is 2.80. The Labute approximate surface area is 125 Å². The predicted octanol–water partition coefficient (Wildman–Crippen LogP) is 1.77. The highest BCUT2D eigenvalue weighted by molar-refractivity contribution is 5.92. The Kier molecular flexibility index (Phi) is 7.08. The van der Waals surface area contributed by atoms with Crippen molar-refractivity contribution in [1.82, 2.24) is 5.32 Å². The molecule has 0 aliphatic rings. The maximum Gasteiger partial charge on any atom is 0.338 e. The largest absolute Gasteiger partial charge is 0.462 e. The van der Waals surface area contributed by atoms with Crippen LogP contribution in [-0.4, -0.2) is 31.6 Å². The first kappa shape index (κ1) is 16.8. The van der Waals surface area contributed by atoms with Gasteiger partial charge in [0.25, 0.3) is 0 Å². The Bertz CT molecular complexity index is 489. The standard InChI is InChI=1S/C15H23N3O3/c1-3-8-18-14(19)7-9-17-13-10-11(5-6-12(13)16)15(20)21-4-2/h5-6,10,17H,3-4,7-9,16H2,1-2H3,(H,18,19). The lowest BCUT2D eigenvalue weighted by molar-refractivity contribution is -0.120. The molecule has 0 unspecified atom stereocenters. The van der Waals surface area contributed by atoms with Crippen LogP contribution in [0.3, 0.4) is 0 Å². The number of amides is 1. The number of hydrogen-bond acceptors (Lipinski definition) is 5. The first-order valence-corrected chi connectivity index (χ1v) is 7.15. The Morgan fingerprint density at radius 3 is 2.67 bits per heavy atom. The summed E-state index contributed by atoms with van der Waals surface area (Å²) in [6, 6.07) is 4.90. The molecule has 1 aromatic carbocycles. The lowest BCUT2D eigenvalue weighted by Crippen LogP contribution is -2.26. The molecule has 0 saturated carbocycles. The van der Waals surface area contributed by atoms with Gasteiger partial charge in [0.1, 0.15) is 0 Å². The number of nitrogens with one attached hydrogen (secondary N) is 2. The van der Waals surface area contributed by atoms with E-state index in [1.807, 2.05) is 6.92 Å². The van der Waals surface area contributed by atoms with Gasteiger partial charge in [0.15, 0.2) is 0 Å². The molecule has 21 heavy (non-hydrogen) atoms. The fraction of sp³-hybridized carbons (Fsp3) is 0.467. The molecular formula is C15H23N3O3. The first-order chi connectivity index (χ1) is 10.1. The van der Waals surface area contributed by atoms with E-state index in [9.17, 15) is 9.59 Å². The molecule has 6 nitrogen and oxygen atoms in total. The van der Waals surface area contributed by atoms with Gasteiger partial charge in [0, 0.05) is 19.5 Å². The molecule has 4 N–H and O–H groups in total. The molecule has 6 heteroatoms. The van der Waals surface area contributed by atoms with E-state index in [1.165, 1.54) is 0 Å². The molecule has 0 heterocycles. The van der Waals surface area contributed by atoms with Gasteiger partial charge in [-0.2, -0.15) is 0 Å². The van der Waals surface area contributed by atoms with E-state index in [4.69, 9.17) is 10.5 Å². The average Bonchev–Trinajstić information content (AvgIpc) is 2.47. The van der Waals surface area contributed by atoms with Crippen molar-refractivity contribution < 1.29 is 14.3 Å². The number of carbonyl (C=O) groups is 2. The Balaban J connectivity index is 2.56. The van der Waals surface area contributed by atoms with E-state index in [0.717, 1.165) is 6.42 Å². The van der Waals surface area contributed by atoms with Gasteiger partial charge in [-0.15, -0.1) is 0 Å². The maximum atomic E-state index is 11.7.